The molecule has 3 rings (SSSR count). The van der Waals surface area contributed by atoms with Crippen LogP contribution >= 0.6 is 39.9 Å². The lowest BCUT2D eigenvalue weighted by atomic mass is 10.1. The summed E-state index contributed by atoms with van der Waals surface area (Å²) in [5, 5.41) is 2.56. The summed E-state index contributed by atoms with van der Waals surface area (Å²) in [7, 11) is 0. The van der Waals surface area contributed by atoms with Crippen molar-refractivity contribution in [2.24, 2.45) is 0 Å². The SMILES string of the molecule is Cc1ccc(C(=O)Oc2ccc(Br)cc2/C=C2\SC(=S)NC2=O)cc1. The third-order valence-corrected chi connectivity index (χ3v) is 5.05. The number of benzene rings is 2. The Kier molecular flexibility index (Phi) is 5.36. The summed E-state index contributed by atoms with van der Waals surface area (Å²) in [4.78, 5) is 24.7. The minimum Gasteiger partial charge on any atom is -0.422 e. The number of thiocarbonyl (C=S) groups is 1. The van der Waals surface area contributed by atoms with E-state index in [1.165, 1.54) is 11.8 Å². The average molecular weight is 434 g/mol. The predicted octanol–water partition coefficient (Wildman–Crippen LogP) is 4.47. The molecule has 0 aliphatic carbocycles. The van der Waals surface area contributed by atoms with Crippen molar-refractivity contribution in [2.45, 2.75) is 6.92 Å². The Bertz CT molecular complexity index is 907. The molecule has 1 aliphatic heterocycles. The highest BCUT2D eigenvalue weighted by atomic mass is 79.9. The highest BCUT2D eigenvalue weighted by molar-refractivity contribution is 9.10. The van der Waals surface area contributed by atoms with Crippen molar-refractivity contribution >= 4 is 62.2 Å². The largest absolute Gasteiger partial charge is 0.422 e. The van der Waals surface area contributed by atoms with Gasteiger partial charge in [-0.3, -0.25) is 4.79 Å². The number of amides is 1. The number of thioether (sulfide) groups is 1. The molecule has 2 aromatic rings. The Hall–Kier alpha value is -1.96. The van der Waals surface area contributed by atoms with Gasteiger partial charge in [0.2, 0.25) is 0 Å². The molecule has 7 heteroatoms. The number of esters is 1. The minimum atomic E-state index is -0.457. The van der Waals surface area contributed by atoms with Crippen LogP contribution in [0.5, 0.6) is 5.75 Å². The van der Waals surface area contributed by atoms with Gasteiger partial charge in [-0.2, -0.15) is 0 Å². The maximum atomic E-state index is 12.4. The van der Waals surface area contributed by atoms with E-state index in [1.807, 2.05) is 19.1 Å². The van der Waals surface area contributed by atoms with Crippen LogP contribution < -0.4 is 10.1 Å². The first-order chi connectivity index (χ1) is 11.9. The third kappa shape index (κ3) is 4.36. The number of carbonyl (C=O) groups excluding carboxylic acids is 2. The van der Waals surface area contributed by atoms with Gasteiger partial charge in [-0.05, 0) is 43.3 Å². The zero-order valence-corrected chi connectivity index (χ0v) is 16.3. The molecule has 0 unspecified atom stereocenters. The van der Waals surface area contributed by atoms with Gasteiger partial charge in [-0.25, -0.2) is 4.79 Å². The molecule has 1 N–H and O–H groups in total. The van der Waals surface area contributed by atoms with E-state index in [-0.39, 0.29) is 5.91 Å². The van der Waals surface area contributed by atoms with Crippen molar-refractivity contribution in [3.8, 4) is 5.75 Å². The lowest BCUT2D eigenvalue weighted by molar-refractivity contribution is -0.115. The van der Waals surface area contributed by atoms with Gasteiger partial charge in [0, 0.05) is 10.0 Å². The Morgan fingerprint density at radius 2 is 1.96 bits per heavy atom. The minimum absolute atomic E-state index is 0.259. The molecule has 0 aromatic heterocycles. The van der Waals surface area contributed by atoms with Crippen molar-refractivity contribution in [1.82, 2.24) is 5.32 Å². The lowest BCUT2D eigenvalue weighted by Gasteiger charge is -2.09. The topological polar surface area (TPSA) is 55.4 Å². The molecule has 1 aliphatic rings. The lowest BCUT2D eigenvalue weighted by Crippen LogP contribution is -2.17. The fraction of sp³-hybridized carbons (Fsp3) is 0.0556. The van der Waals surface area contributed by atoms with Crippen molar-refractivity contribution < 1.29 is 14.3 Å². The van der Waals surface area contributed by atoms with Crippen LogP contribution in [0.2, 0.25) is 0 Å². The molecule has 4 nitrogen and oxygen atoms in total. The molecule has 1 fully saturated rings. The van der Waals surface area contributed by atoms with Gasteiger partial charge in [0.25, 0.3) is 5.91 Å². The van der Waals surface area contributed by atoms with Gasteiger partial charge in [0.15, 0.2) is 0 Å². The third-order valence-electron chi connectivity index (χ3n) is 3.39. The Balaban J connectivity index is 1.90. The molecule has 1 saturated heterocycles. The van der Waals surface area contributed by atoms with Crippen LogP contribution in [0, 0.1) is 6.92 Å². The molecule has 1 amide bonds. The number of hydrogen-bond donors (Lipinski definition) is 1. The number of halogens is 1. The molecule has 126 valence electrons. The summed E-state index contributed by atoms with van der Waals surface area (Å²) < 4.78 is 6.73. The van der Waals surface area contributed by atoms with Crippen LogP contribution in [-0.4, -0.2) is 16.2 Å². The number of ether oxygens (including phenoxy) is 1. The van der Waals surface area contributed by atoms with E-state index in [9.17, 15) is 9.59 Å². The van der Waals surface area contributed by atoms with E-state index >= 15 is 0 Å². The summed E-state index contributed by atoms with van der Waals surface area (Å²) in [6.45, 7) is 1.95. The molecule has 25 heavy (non-hydrogen) atoms. The molecule has 0 bridgehead atoms. The number of hydrogen-bond acceptors (Lipinski definition) is 5. The zero-order chi connectivity index (χ0) is 18.0. The normalized spacial score (nSPS) is 15.4. The van der Waals surface area contributed by atoms with E-state index in [0.717, 1.165) is 10.0 Å². The fourth-order valence-electron chi connectivity index (χ4n) is 2.14. The van der Waals surface area contributed by atoms with Crippen molar-refractivity contribution in [2.75, 3.05) is 0 Å². The second-order valence-electron chi connectivity index (χ2n) is 5.29. The molecule has 0 radical (unpaired) electrons. The van der Waals surface area contributed by atoms with Crippen molar-refractivity contribution in [1.29, 1.82) is 0 Å². The van der Waals surface area contributed by atoms with E-state index in [4.69, 9.17) is 17.0 Å². The first-order valence-corrected chi connectivity index (χ1v) is 9.27. The second kappa shape index (κ2) is 7.51. The first-order valence-electron chi connectivity index (χ1n) is 7.25. The monoisotopic (exact) mass is 433 g/mol. The fourth-order valence-corrected chi connectivity index (χ4v) is 3.55. The van der Waals surface area contributed by atoms with Crippen LogP contribution in [-0.2, 0) is 4.79 Å². The number of carbonyl (C=O) groups is 2. The van der Waals surface area contributed by atoms with Gasteiger partial charge >= 0.3 is 5.97 Å². The van der Waals surface area contributed by atoms with E-state index < -0.39 is 5.97 Å². The molecule has 0 atom stereocenters. The summed E-state index contributed by atoms with van der Waals surface area (Å²) in [6.07, 6.45) is 1.65. The Morgan fingerprint density at radius 1 is 1.24 bits per heavy atom. The van der Waals surface area contributed by atoms with Crippen molar-refractivity contribution in [3.05, 3.63) is 68.5 Å². The molecule has 2 aromatic carbocycles. The van der Waals surface area contributed by atoms with Crippen LogP contribution in [0.25, 0.3) is 6.08 Å². The van der Waals surface area contributed by atoms with Crippen LogP contribution in [0.4, 0.5) is 0 Å². The Labute approximate surface area is 162 Å². The molecule has 0 spiro atoms. The smallest absolute Gasteiger partial charge is 0.343 e. The second-order valence-corrected chi connectivity index (χ2v) is 7.92. The summed E-state index contributed by atoms with van der Waals surface area (Å²) in [6, 6.07) is 12.4. The van der Waals surface area contributed by atoms with Crippen LogP contribution in [0.15, 0.2) is 51.8 Å². The van der Waals surface area contributed by atoms with E-state index in [1.54, 1.807) is 36.4 Å². The highest BCUT2D eigenvalue weighted by Gasteiger charge is 2.23. The average Bonchev–Trinajstić information content (AvgIpc) is 2.88. The first kappa shape index (κ1) is 17.8. The van der Waals surface area contributed by atoms with Gasteiger partial charge in [-0.15, -0.1) is 0 Å². The van der Waals surface area contributed by atoms with E-state index in [2.05, 4.69) is 21.2 Å². The van der Waals surface area contributed by atoms with Gasteiger partial charge < -0.3 is 10.1 Å². The summed E-state index contributed by atoms with van der Waals surface area (Å²) >= 11 is 9.55. The molecular weight excluding hydrogens is 422 g/mol. The highest BCUT2D eigenvalue weighted by Crippen LogP contribution is 2.31. The standard InChI is InChI=1S/C18H12BrNO3S2/c1-10-2-4-11(5-3-10)17(22)23-14-7-6-13(19)8-12(14)9-15-16(21)20-18(24)25-15/h2-9H,1H3,(H,20,21,24)/b15-9-. The molecule has 1 heterocycles. The summed E-state index contributed by atoms with van der Waals surface area (Å²) in [5.74, 6) is -0.348. The predicted molar refractivity (Wildman–Crippen MR) is 107 cm³/mol. The molecule has 0 saturated carbocycles. The molecular formula is C18H12BrNO3S2. The zero-order valence-electron chi connectivity index (χ0n) is 13.0. The van der Waals surface area contributed by atoms with Gasteiger partial charge in [0.05, 0.1) is 10.5 Å². The van der Waals surface area contributed by atoms with Crippen LogP contribution in [0.1, 0.15) is 21.5 Å². The van der Waals surface area contributed by atoms with E-state index in [0.29, 0.717) is 26.1 Å². The van der Waals surface area contributed by atoms with Gasteiger partial charge in [-0.1, -0.05) is 57.6 Å². The number of nitrogens with one attached hydrogen (secondary N) is 1. The van der Waals surface area contributed by atoms with Crippen molar-refractivity contribution in [3.63, 3.8) is 0 Å². The van der Waals surface area contributed by atoms with Gasteiger partial charge in [0.1, 0.15) is 10.1 Å². The Morgan fingerprint density at radius 3 is 2.60 bits per heavy atom. The summed E-state index contributed by atoms with van der Waals surface area (Å²) in [5.41, 5.74) is 2.13. The maximum Gasteiger partial charge on any atom is 0.343 e. The quantitative estimate of drug-likeness (QED) is 0.335. The number of rotatable bonds is 3. The number of aryl methyl sites for hydroxylation is 1. The maximum absolute atomic E-state index is 12.4. The van der Waals surface area contributed by atoms with Crippen LogP contribution in [0.3, 0.4) is 0 Å².